The maximum atomic E-state index is 13.7. The maximum Gasteiger partial charge on any atom is 0.433 e. The Balaban J connectivity index is 1.62. The number of rotatable bonds is 5. The van der Waals surface area contributed by atoms with Crippen LogP contribution < -0.4 is 0 Å². The lowest BCUT2D eigenvalue weighted by atomic mass is 9.95. The Labute approximate surface area is 173 Å². The summed E-state index contributed by atoms with van der Waals surface area (Å²) in [5.74, 6) is -0.00919. The van der Waals surface area contributed by atoms with Crippen molar-refractivity contribution in [1.29, 1.82) is 0 Å². The highest BCUT2D eigenvalue weighted by Gasteiger charge is 2.36. The van der Waals surface area contributed by atoms with Gasteiger partial charge in [0.05, 0.1) is 17.7 Å². The third-order valence-corrected chi connectivity index (χ3v) is 5.80. The molecule has 6 nitrogen and oxygen atoms in total. The van der Waals surface area contributed by atoms with E-state index in [0.717, 1.165) is 55.3 Å². The van der Waals surface area contributed by atoms with Crippen molar-refractivity contribution in [2.45, 2.75) is 64.7 Å². The minimum Gasteiger partial charge on any atom is -0.334 e. The molecule has 9 heteroatoms. The van der Waals surface area contributed by atoms with Crippen molar-refractivity contribution < 1.29 is 13.2 Å². The van der Waals surface area contributed by atoms with Crippen LogP contribution in [0.15, 0.2) is 24.7 Å². The Morgan fingerprint density at radius 1 is 1.23 bits per heavy atom. The zero-order valence-electron chi connectivity index (χ0n) is 17.5. The third kappa shape index (κ3) is 4.08. The van der Waals surface area contributed by atoms with E-state index in [1.165, 1.54) is 0 Å². The Bertz CT molecular complexity index is 1020. The molecular weight excluding hydrogens is 393 g/mol. The average molecular weight is 420 g/mol. The molecule has 0 aromatic carbocycles. The van der Waals surface area contributed by atoms with Gasteiger partial charge >= 0.3 is 6.18 Å². The number of likely N-dealkylation sites (tertiary alicyclic amines) is 1. The molecule has 0 aliphatic carbocycles. The quantitative estimate of drug-likeness (QED) is 0.611. The number of halogens is 3. The van der Waals surface area contributed by atoms with Gasteiger partial charge in [-0.1, -0.05) is 13.8 Å². The summed E-state index contributed by atoms with van der Waals surface area (Å²) in [6.07, 6.45) is 1.12. The second-order valence-corrected chi connectivity index (χ2v) is 8.30. The Kier molecular flexibility index (Phi) is 5.57. The summed E-state index contributed by atoms with van der Waals surface area (Å²) in [4.78, 5) is 11.0. The molecule has 0 saturated carbocycles. The Hall–Kier alpha value is -2.42. The molecule has 3 aromatic rings. The van der Waals surface area contributed by atoms with E-state index < -0.39 is 11.9 Å². The van der Waals surface area contributed by atoms with Gasteiger partial charge in [0.25, 0.3) is 0 Å². The van der Waals surface area contributed by atoms with E-state index in [-0.39, 0.29) is 17.5 Å². The van der Waals surface area contributed by atoms with E-state index in [1.54, 1.807) is 6.07 Å². The van der Waals surface area contributed by atoms with Crippen LogP contribution in [0.4, 0.5) is 13.2 Å². The molecule has 1 aliphatic rings. The van der Waals surface area contributed by atoms with Crippen LogP contribution in [0.1, 0.15) is 68.2 Å². The van der Waals surface area contributed by atoms with Crippen molar-refractivity contribution >= 4 is 5.65 Å². The summed E-state index contributed by atoms with van der Waals surface area (Å²) >= 11 is 0. The standard InChI is InChI=1S/C21H27F3N6/c1-4-29-13-25-10-16(29)12-28-7-5-6-15(11-28)18-9-20-26-17(14(2)3)8-19(21(22,23)24)30(20)27-18/h8-10,13-15H,4-7,11-12H2,1-3H3/t15-/m0/s1. The van der Waals surface area contributed by atoms with E-state index in [4.69, 9.17) is 0 Å². The summed E-state index contributed by atoms with van der Waals surface area (Å²) < 4.78 is 44.0. The van der Waals surface area contributed by atoms with Crippen LogP contribution in [0.25, 0.3) is 5.65 Å². The number of aryl methyl sites for hydroxylation is 1. The number of hydrogen-bond donors (Lipinski definition) is 0. The fraction of sp³-hybridized carbons (Fsp3) is 0.571. The van der Waals surface area contributed by atoms with Crippen molar-refractivity contribution in [3.05, 3.63) is 47.4 Å². The van der Waals surface area contributed by atoms with E-state index in [2.05, 4.69) is 31.5 Å². The topological polar surface area (TPSA) is 51.2 Å². The van der Waals surface area contributed by atoms with Gasteiger partial charge in [0.15, 0.2) is 5.65 Å². The predicted octanol–water partition coefficient (Wildman–Crippen LogP) is 4.47. The molecule has 1 fully saturated rings. The maximum absolute atomic E-state index is 13.7. The summed E-state index contributed by atoms with van der Waals surface area (Å²) in [6, 6.07) is 2.85. The van der Waals surface area contributed by atoms with Gasteiger partial charge in [0.2, 0.25) is 0 Å². The molecule has 162 valence electrons. The molecule has 4 heterocycles. The zero-order chi connectivity index (χ0) is 21.5. The van der Waals surface area contributed by atoms with E-state index in [9.17, 15) is 13.2 Å². The van der Waals surface area contributed by atoms with Crippen LogP contribution in [-0.4, -0.2) is 42.1 Å². The van der Waals surface area contributed by atoms with Gasteiger partial charge < -0.3 is 4.57 Å². The number of imidazole rings is 1. The lowest BCUT2D eigenvalue weighted by molar-refractivity contribution is -0.142. The van der Waals surface area contributed by atoms with Gasteiger partial charge in [-0.3, -0.25) is 4.90 Å². The number of piperidine rings is 1. The second kappa shape index (κ2) is 8.02. The molecule has 0 N–H and O–H groups in total. The van der Waals surface area contributed by atoms with Crippen molar-refractivity contribution in [3.63, 3.8) is 0 Å². The molecule has 0 spiro atoms. The zero-order valence-corrected chi connectivity index (χ0v) is 17.5. The highest BCUT2D eigenvalue weighted by molar-refractivity contribution is 5.44. The van der Waals surface area contributed by atoms with E-state index >= 15 is 0 Å². The van der Waals surface area contributed by atoms with Crippen LogP contribution in [0, 0.1) is 0 Å². The molecule has 0 unspecified atom stereocenters. The van der Waals surface area contributed by atoms with Gasteiger partial charge in [0.1, 0.15) is 5.69 Å². The molecule has 1 aliphatic heterocycles. The fourth-order valence-electron chi connectivity index (χ4n) is 4.14. The van der Waals surface area contributed by atoms with Crippen molar-refractivity contribution in [2.75, 3.05) is 13.1 Å². The summed E-state index contributed by atoms with van der Waals surface area (Å²) in [7, 11) is 0. The number of nitrogens with zero attached hydrogens (tertiary/aromatic N) is 6. The van der Waals surface area contributed by atoms with E-state index in [1.807, 2.05) is 26.4 Å². The monoisotopic (exact) mass is 420 g/mol. The number of fused-ring (bicyclic) bond motifs is 1. The molecule has 0 amide bonds. The largest absolute Gasteiger partial charge is 0.433 e. The Morgan fingerprint density at radius 2 is 2.03 bits per heavy atom. The van der Waals surface area contributed by atoms with Crippen molar-refractivity contribution in [3.8, 4) is 0 Å². The van der Waals surface area contributed by atoms with Crippen LogP contribution in [0.3, 0.4) is 0 Å². The van der Waals surface area contributed by atoms with Crippen LogP contribution in [-0.2, 0) is 19.3 Å². The molecule has 4 rings (SSSR count). The van der Waals surface area contributed by atoms with Crippen LogP contribution in [0.2, 0.25) is 0 Å². The molecular formula is C21H27F3N6. The normalized spacial score (nSPS) is 18.6. The van der Waals surface area contributed by atoms with Crippen LogP contribution >= 0.6 is 0 Å². The highest BCUT2D eigenvalue weighted by atomic mass is 19.4. The highest BCUT2D eigenvalue weighted by Crippen LogP contribution is 2.33. The third-order valence-electron chi connectivity index (χ3n) is 5.80. The predicted molar refractivity (Wildman–Crippen MR) is 107 cm³/mol. The number of hydrogen-bond acceptors (Lipinski definition) is 4. The van der Waals surface area contributed by atoms with Gasteiger partial charge in [-0.25, -0.2) is 14.5 Å². The average Bonchev–Trinajstić information content (AvgIpc) is 3.32. The molecule has 1 saturated heterocycles. The van der Waals surface area contributed by atoms with Gasteiger partial charge in [0, 0.05) is 43.5 Å². The van der Waals surface area contributed by atoms with E-state index in [0.29, 0.717) is 11.4 Å². The molecule has 1 atom stereocenters. The first kappa shape index (κ1) is 20.8. The lowest BCUT2D eigenvalue weighted by Gasteiger charge is -2.31. The fourth-order valence-corrected chi connectivity index (χ4v) is 4.14. The van der Waals surface area contributed by atoms with Gasteiger partial charge in [-0.2, -0.15) is 18.3 Å². The molecule has 0 radical (unpaired) electrons. The first-order chi connectivity index (χ1) is 14.3. The molecule has 3 aromatic heterocycles. The van der Waals surface area contributed by atoms with Gasteiger partial charge in [-0.05, 0) is 38.3 Å². The minimum atomic E-state index is -4.48. The summed E-state index contributed by atoms with van der Waals surface area (Å²) in [5.41, 5.74) is 1.77. The summed E-state index contributed by atoms with van der Waals surface area (Å²) in [5, 5.41) is 4.36. The first-order valence-electron chi connectivity index (χ1n) is 10.5. The molecule has 30 heavy (non-hydrogen) atoms. The van der Waals surface area contributed by atoms with Crippen molar-refractivity contribution in [1.82, 2.24) is 29.0 Å². The Morgan fingerprint density at radius 3 is 2.73 bits per heavy atom. The minimum absolute atomic E-state index is 0.0852. The number of alkyl halides is 3. The first-order valence-corrected chi connectivity index (χ1v) is 10.5. The second-order valence-electron chi connectivity index (χ2n) is 8.30. The molecule has 0 bridgehead atoms. The van der Waals surface area contributed by atoms with Crippen LogP contribution in [0.5, 0.6) is 0 Å². The van der Waals surface area contributed by atoms with Crippen molar-refractivity contribution in [2.24, 2.45) is 0 Å². The SMILES string of the molecule is CCn1cncc1CN1CCC[C@H](c2cc3nc(C(C)C)cc(C(F)(F)F)n3n2)C1. The lowest BCUT2D eigenvalue weighted by Crippen LogP contribution is -2.34. The smallest absolute Gasteiger partial charge is 0.334 e. The summed E-state index contributed by atoms with van der Waals surface area (Å²) in [6.45, 7) is 9.13. The van der Waals surface area contributed by atoms with Gasteiger partial charge in [-0.15, -0.1) is 0 Å². The number of aromatic nitrogens is 5.